The zero-order valence-electron chi connectivity index (χ0n) is 7.53. The highest BCUT2D eigenvalue weighted by molar-refractivity contribution is 5.85. The highest BCUT2D eigenvalue weighted by Crippen LogP contribution is 1.95. The number of rotatable bonds is 4. The third-order valence-electron chi connectivity index (χ3n) is 1.77. The number of nitrogens with one attached hydrogen (secondary N) is 3. The summed E-state index contributed by atoms with van der Waals surface area (Å²) in [6.45, 7) is 1.64. The van der Waals surface area contributed by atoms with Crippen LogP contribution < -0.4 is 5.32 Å². The molecule has 5 nitrogen and oxygen atoms in total. The quantitative estimate of drug-likeness (QED) is 0.705. The molecule has 2 rings (SSSR count). The van der Waals surface area contributed by atoms with Gasteiger partial charge in [0.2, 0.25) is 0 Å². The fourth-order valence-corrected chi connectivity index (χ4v) is 1.10. The number of hydrogen-bond donors (Lipinski definition) is 3. The van der Waals surface area contributed by atoms with Crippen molar-refractivity contribution in [1.29, 1.82) is 0 Å². The summed E-state index contributed by atoms with van der Waals surface area (Å²) < 4.78 is 0. The van der Waals surface area contributed by atoms with Crippen LogP contribution in [0.2, 0.25) is 0 Å². The fourth-order valence-electron chi connectivity index (χ4n) is 1.10. The highest BCUT2D eigenvalue weighted by atomic mass is 35.5. The van der Waals surface area contributed by atoms with Gasteiger partial charge in [0.1, 0.15) is 0 Å². The van der Waals surface area contributed by atoms with Crippen LogP contribution in [0.1, 0.15) is 11.1 Å². The number of H-pyrrole nitrogens is 2. The molecule has 0 radical (unpaired) electrons. The molecule has 0 atom stereocenters. The van der Waals surface area contributed by atoms with Crippen LogP contribution >= 0.6 is 12.4 Å². The van der Waals surface area contributed by atoms with Crippen molar-refractivity contribution in [2.75, 3.05) is 0 Å². The number of hydrogen-bond acceptors (Lipinski definition) is 3. The summed E-state index contributed by atoms with van der Waals surface area (Å²) >= 11 is 0. The second-order valence-electron chi connectivity index (χ2n) is 2.82. The number of halogens is 1. The molecule has 0 aliphatic rings. The predicted octanol–water partition coefficient (Wildman–Crippen LogP) is 0.844. The lowest BCUT2D eigenvalue weighted by molar-refractivity contribution is 0.694. The van der Waals surface area contributed by atoms with Crippen molar-refractivity contribution in [3.05, 3.63) is 35.9 Å². The minimum atomic E-state index is 0. The Morgan fingerprint density at radius 2 is 1.50 bits per heavy atom. The zero-order chi connectivity index (χ0) is 8.93. The van der Waals surface area contributed by atoms with Crippen molar-refractivity contribution >= 4 is 12.4 Å². The maximum Gasteiger partial charge on any atom is 0.0532 e. The first-order chi connectivity index (χ1) is 6.45. The van der Waals surface area contributed by atoms with Crippen LogP contribution in [0.4, 0.5) is 0 Å². The number of aromatic nitrogens is 4. The topological polar surface area (TPSA) is 69.4 Å². The zero-order valence-corrected chi connectivity index (χ0v) is 8.34. The van der Waals surface area contributed by atoms with E-state index in [1.807, 2.05) is 24.8 Å². The van der Waals surface area contributed by atoms with Gasteiger partial charge in [0.25, 0.3) is 0 Å². The molecule has 0 saturated heterocycles. The molecular weight excluding hydrogens is 202 g/mol. The SMILES string of the molecule is Cl.c1n[nH]cc1CNCc1cn[nH]c1. The minimum Gasteiger partial charge on any atom is -0.308 e. The van der Waals surface area contributed by atoms with Gasteiger partial charge in [-0.3, -0.25) is 10.2 Å². The lowest BCUT2D eigenvalue weighted by Crippen LogP contribution is -2.11. The van der Waals surface area contributed by atoms with Gasteiger partial charge >= 0.3 is 0 Å². The van der Waals surface area contributed by atoms with Crippen molar-refractivity contribution in [2.45, 2.75) is 13.1 Å². The van der Waals surface area contributed by atoms with E-state index in [2.05, 4.69) is 25.7 Å². The first-order valence-corrected chi connectivity index (χ1v) is 4.11. The van der Waals surface area contributed by atoms with E-state index in [0.717, 1.165) is 24.2 Å². The summed E-state index contributed by atoms with van der Waals surface area (Å²) in [4.78, 5) is 0. The Morgan fingerprint density at radius 1 is 1.00 bits per heavy atom. The molecule has 0 fully saturated rings. The Morgan fingerprint density at radius 3 is 1.86 bits per heavy atom. The van der Waals surface area contributed by atoms with Gasteiger partial charge in [0, 0.05) is 36.6 Å². The van der Waals surface area contributed by atoms with Crippen molar-refractivity contribution in [3.8, 4) is 0 Å². The summed E-state index contributed by atoms with van der Waals surface area (Å²) in [6.07, 6.45) is 7.37. The van der Waals surface area contributed by atoms with Gasteiger partial charge in [-0.15, -0.1) is 12.4 Å². The monoisotopic (exact) mass is 213 g/mol. The van der Waals surface area contributed by atoms with Crippen molar-refractivity contribution in [3.63, 3.8) is 0 Å². The average molecular weight is 214 g/mol. The van der Waals surface area contributed by atoms with Crippen LogP contribution in [0.5, 0.6) is 0 Å². The van der Waals surface area contributed by atoms with Crippen LogP contribution in [0, 0.1) is 0 Å². The lowest BCUT2D eigenvalue weighted by atomic mass is 10.3. The van der Waals surface area contributed by atoms with Crippen LogP contribution in [0.3, 0.4) is 0 Å². The molecule has 6 heteroatoms. The first kappa shape index (κ1) is 10.7. The molecule has 0 aliphatic heterocycles. The van der Waals surface area contributed by atoms with Crippen LogP contribution in [-0.4, -0.2) is 20.4 Å². The van der Waals surface area contributed by atoms with Crippen LogP contribution in [-0.2, 0) is 13.1 Å². The molecule has 3 N–H and O–H groups in total. The van der Waals surface area contributed by atoms with E-state index in [0.29, 0.717) is 0 Å². The smallest absolute Gasteiger partial charge is 0.0532 e. The fraction of sp³-hybridized carbons (Fsp3) is 0.250. The van der Waals surface area contributed by atoms with Crippen molar-refractivity contribution < 1.29 is 0 Å². The number of nitrogens with zero attached hydrogens (tertiary/aromatic N) is 2. The van der Waals surface area contributed by atoms with Gasteiger partial charge < -0.3 is 5.32 Å². The van der Waals surface area contributed by atoms with Crippen LogP contribution in [0.25, 0.3) is 0 Å². The Labute approximate surface area is 87.7 Å². The maximum atomic E-state index is 3.85. The Bertz CT molecular complexity index is 294. The third kappa shape index (κ3) is 2.86. The second kappa shape index (κ2) is 5.41. The second-order valence-corrected chi connectivity index (χ2v) is 2.82. The normalized spacial score (nSPS) is 9.71. The largest absolute Gasteiger partial charge is 0.308 e. The molecule has 2 aromatic heterocycles. The predicted molar refractivity (Wildman–Crippen MR) is 55.0 cm³/mol. The van der Waals surface area contributed by atoms with Crippen LogP contribution in [0.15, 0.2) is 24.8 Å². The summed E-state index contributed by atoms with van der Waals surface area (Å²) in [6, 6.07) is 0. The molecule has 0 aliphatic carbocycles. The van der Waals surface area contributed by atoms with E-state index in [1.54, 1.807) is 0 Å². The molecule has 0 amide bonds. The summed E-state index contributed by atoms with van der Waals surface area (Å²) in [7, 11) is 0. The Hall–Kier alpha value is -1.33. The van der Waals surface area contributed by atoms with Crippen molar-refractivity contribution in [1.82, 2.24) is 25.7 Å². The van der Waals surface area contributed by atoms with Gasteiger partial charge in [0.05, 0.1) is 12.4 Å². The van der Waals surface area contributed by atoms with E-state index in [4.69, 9.17) is 0 Å². The van der Waals surface area contributed by atoms with Gasteiger partial charge in [-0.1, -0.05) is 0 Å². The molecule has 0 unspecified atom stereocenters. The van der Waals surface area contributed by atoms with E-state index < -0.39 is 0 Å². The van der Waals surface area contributed by atoms with Gasteiger partial charge in [0.15, 0.2) is 0 Å². The van der Waals surface area contributed by atoms with Gasteiger partial charge in [-0.2, -0.15) is 10.2 Å². The Kier molecular flexibility index (Phi) is 4.15. The summed E-state index contributed by atoms with van der Waals surface area (Å²) in [5.41, 5.74) is 2.31. The molecule has 0 saturated carbocycles. The maximum absolute atomic E-state index is 3.85. The van der Waals surface area contributed by atoms with E-state index in [-0.39, 0.29) is 12.4 Å². The molecule has 2 aromatic rings. The molecule has 76 valence electrons. The van der Waals surface area contributed by atoms with E-state index in [9.17, 15) is 0 Å². The number of aromatic amines is 2. The molecule has 0 spiro atoms. The molecule has 14 heavy (non-hydrogen) atoms. The Balaban J connectivity index is 0.000000980. The third-order valence-corrected chi connectivity index (χ3v) is 1.77. The summed E-state index contributed by atoms with van der Waals surface area (Å²) in [5, 5.41) is 16.5. The molecular formula is C8H12ClN5. The van der Waals surface area contributed by atoms with Gasteiger partial charge in [-0.05, 0) is 0 Å². The summed E-state index contributed by atoms with van der Waals surface area (Å²) in [5.74, 6) is 0. The average Bonchev–Trinajstić information content (AvgIpc) is 2.75. The standard InChI is InChI=1S/C8H11N5.ClH/c1(7-3-10-11-4-7)9-2-8-5-12-13-6-8;/h3-6,9H,1-2H2,(H,10,11)(H,12,13);1H. The lowest BCUT2D eigenvalue weighted by Gasteiger charge is -1.98. The molecule has 2 heterocycles. The first-order valence-electron chi connectivity index (χ1n) is 4.11. The van der Waals surface area contributed by atoms with Gasteiger partial charge in [-0.25, -0.2) is 0 Å². The minimum absolute atomic E-state index is 0. The van der Waals surface area contributed by atoms with E-state index in [1.165, 1.54) is 0 Å². The molecule has 0 bridgehead atoms. The van der Waals surface area contributed by atoms with E-state index >= 15 is 0 Å². The molecule has 0 aromatic carbocycles. The highest BCUT2D eigenvalue weighted by Gasteiger charge is 1.94. The van der Waals surface area contributed by atoms with Crippen molar-refractivity contribution in [2.24, 2.45) is 0 Å².